The van der Waals surface area contributed by atoms with Gasteiger partial charge in [0.2, 0.25) is 5.91 Å². The van der Waals surface area contributed by atoms with E-state index in [4.69, 9.17) is 9.47 Å². The highest BCUT2D eigenvalue weighted by molar-refractivity contribution is 5.80. The Hall–Kier alpha value is -3.21. The fraction of sp³-hybridized carbons (Fsp3) is 0.364. The van der Waals surface area contributed by atoms with Crippen LogP contribution in [0.5, 0.6) is 0 Å². The van der Waals surface area contributed by atoms with Crippen molar-refractivity contribution < 1.29 is 14.3 Å². The van der Waals surface area contributed by atoms with Crippen molar-refractivity contribution in [3.8, 4) is 0 Å². The van der Waals surface area contributed by atoms with E-state index in [2.05, 4.69) is 60.8 Å². The molecule has 4 rings (SSSR count). The third-order valence-electron chi connectivity index (χ3n) is 7.10. The number of carbonyl (C=O) groups is 1. The summed E-state index contributed by atoms with van der Waals surface area (Å²) < 4.78 is 12.6. The van der Waals surface area contributed by atoms with Crippen LogP contribution in [0.4, 0.5) is 0 Å². The Bertz CT molecular complexity index is 1080. The number of hydrogen-bond donors (Lipinski definition) is 1. The Labute approximate surface area is 221 Å². The molecule has 4 heteroatoms. The second kappa shape index (κ2) is 14.5. The molecular formula is C33H39NO3. The fourth-order valence-electron chi connectivity index (χ4n) is 5.06. The van der Waals surface area contributed by atoms with Crippen LogP contribution in [-0.4, -0.2) is 37.4 Å². The Morgan fingerprint density at radius 3 is 1.78 bits per heavy atom. The maximum Gasteiger partial charge on any atom is 0.226 e. The number of amides is 1. The van der Waals surface area contributed by atoms with Gasteiger partial charge in [-0.05, 0) is 48.8 Å². The van der Waals surface area contributed by atoms with Crippen LogP contribution in [0.3, 0.4) is 0 Å². The summed E-state index contributed by atoms with van der Waals surface area (Å²) in [4.78, 5) is 14.0. The van der Waals surface area contributed by atoms with Crippen LogP contribution in [-0.2, 0) is 33.5 Å². The van der Waals surface area contributed by atoms with Crippen LogP contribution < -0.4 is 5.32 Å². The third-order valence-corrected chi connectivity index (χ3v) is 7.10. The molecule has 0 spiro atoms. The number of benzene rings is 3. The largest absolute Gasteiger partial charge is 0.373 e. The third kappa shape index (κ3) is 8.41. The summed E-state index contributed by atoms with van der Waals surface area (Å²) in [6, 6.07) is 30.9. The smallest absolute Gasteiger partial charge is 0.226 e. The van der Waals surface area contributed by atoms with Gasteiger partial charge in [-0.3, -0.25) is 4.79 Å². The molecule has 3 aromatic rings. The summed E-state index contributed by atoms with van der Waals surface area (Å²) in [5.74, 6) is -0.247. The number of ether oxygens (including phenoxy) is 2. The molecule has 4 atom stereocenters. The predicted octanol–water partition coefficient (Wildman–Crippen LogP) is 5.96. The number of rotatable bonds is 8. The second-order valence-corrected chi connectivity index (χ2v) is 9.75. The van der Waals surface area contributed by atoms with Gasteiger partial charge in [0.15, 0.2) is 0 Å². The summed E-state index contributed by atoms with van der Waals surface area (Å²) in [5, 5.41) is 3.44. The zero-order valence-electron chi connectivity index (χ0n) is 21.8. The van der Waals surface area contributed by atoms with Gasteiger partial charge in [-0.25, -0.2) is 0 Å². The lowest BCUT2D eigenvalue weighted by Crippen LogP contribution is -2.51. The van der Waals surface area contributed by atoms with Gasteiger partial charge in [-0.15, -0.1) is 0 Å². The number of carbonyl (C=O) groups excluding carboxylic acids is 1. The normalized spacial score (nSPS) is 23.9. The molecule has 0 aromatic heterocycles. The maximum atomic E-state index is 14.0. The molecule has 1 aliphatic heterocycles. The first-order valence-electron chi connectivity index (χ1n) is 13.5. The molecule has 194 valence electrons. The average Bonchev–Trinajstić information content (AvgIpc) is 2.94. The molecule has 1 heterocycles. The van der Waals surface area contributed by atoms with E-state index < -0.39 is 0 Å². The van der Waals surface area contributed by atoms with Crippen molar-refractivity contribution in [2.24, 2.45) is 5.92 Å². The van der Waals surface area contributed by atoms with Crippen molar-refractivity contribution in [1.82, 2.24) is 5.32 Å². The number of aryl methyl sites for hydroxylation is 1. The fourth-order valence-corrected chi connectivity index (χ4v) is 5.06. The first-order valence-corrected chi connectivity index (χ1v) is 13.5. The lowest BCUT2D eigenvalue weighted by molar-refractivity contribution is -0.132. The lowest BCUT2D eigenvalue weighted by atomic mass is 9.90. The molecule has 3 aromatic carbocycles. The van der Waals surface area contributed by atoms with Gasteiger partial charge in [0, 0.05) is 0 Å². The van der Waals surface area contributed by atoms with E-state index >= 15 is 0 Å². The van der Waals surface area contributed by atoms with Crippen molar-refractivity contribution in [2.45, 2.75) is 57.3 Å². The first-order chi connectivity index (χ1) is 18.2. The highest BCUT2D eigenvalue weighted by Crippen LogP contribution is 2.22. The van der Waals surface area contributed by atoms with Gasteiger partial charge < -0.3 is 14.8 Å². The topological polar surface area (TPSA) is 47.6 Å². The molecule has 37 heavy (non-hydrogen) atoms. The molecule has 1 N–H and O–H groups in total. The summed E-state index contributed by atoms with van der Waals surface area (Å²) in [6.07, 6.45) is 7.62. The number of nitrogens with one attached hydrogen (secondary N) is 1. The molecular weight excluding hydrogens is 458 g/mol. The molecule has 0 saturated heterocycles. The molecule has 0 aliphatic carbocycles. The second-order valence-electron chi connectivity index (χ2n) is 9.75. The highest BCUT2D eigenvalue weighted by Gasteiger charge is 2.32. The van der Waals surface area contributed by atoms with Gasteiger partial charge in [0.1, 0.15) is 0 Å². The summed E-state index contributed by atoms with van der Waals surface area (Å²) in [5.41, 5.74) is 3.61. The molecule has 0 saturated carbocycles. The monoisotopic (exact) mass is 497 g/mol. The zero-order chi connectivity index (χ0) is 25.7. The molecule has 1 amide bonds. The first kappa shape index (κ1) is 26.8. The summed E-state index contributed by atoms with van der Waals surface area (Å²) in [7, 11) is 0. The van der Waals surface area contributed by atoms with Crippen LogP contribution in [0.1, 0.15) is 36.5 Å². The van der Waals surface area contributed by atoms with E-state index in [1.807, 2.05) is 54.6 Å². The van der Waals surface area contributed by atoms with E-state index in [1.165, 1.54) is 11.1 Å². The van der Waals surface area contributed by atoms with Crippen LogP contribution in [0.2, 0.25) is 0 Å². The molecule has 1 aliphatic rings. The molecule has 2 unspecified atom stereocenters. The van der Waals surface area contributed by atoms with Gasteiger partial charge in [0.25, 0.3) is 0 Å². The quantitative estimate of drug-likeness (QED) is 0.391. The minimum atomic E-state index is -0.284. The standard InChI is InChI=1S/C33H39NO3/c1-2-31-29(24-27-16-8-4-9-17-27)33(35)34-30(25-28-18-10-5-11-19-28)32(37-23-13-12-22-36-31)21-20-26-14-6-3-7-15-26/h3-19,29-32H,2,20-25H2,1H3,(H,34,35)/b13-12+/t29-,30?,31?,32+/m0/s1. The zero-order valence-corrected chi connectivity index (χ0v) is 21.8. The molecule has 0 fully saturated rings. The van der Waals surface area contributed by atoms with E-state index in [-0.39, 0.29) is 30.1 Å². The predicted molar refractivity (Wildman–Crippen MR) is 149 cm³/mol. The van der Waals surface area contributed by atoms with Gasteiger partial charge >= 0.3 is 0 Å². The summed E-state index contributed by atoms with van der Waals surface area (Å²) in [6.45, 7) is 3.06. The van der Waals surface area contributed by atoms with Crippen LogP contribution in [0, 0.1) is 5.92 Å². The molecule has 0 bridgehead atoms. The Balaban J connectivity index is 1.61. The van der Waals surface area contributed by atoms with Crippen molar-refractivity contribution in [3.63, 3.8) is 0 Å². The van der Waals surface area contributed by atoms with Gasteiger partial charge in [0.05, 0.1) is 37.4 Å². The lowest BCUT2D eigenvalue weighted by Gasteiger charge is -2.32. The highest BCUT2D eigenvalue weighted by atomic mass is 16.5. The van der Waals surface area contributed by atoms with Crippen molar-refractivity contribution in [1.29, 1.82) is 0 Å². The molecule has 4 nitrogen and oxygen atoms in total. The average molecular weight is 498 g/mol. The Morgan fingerprint density at radius 2 is 1.22 bits per heavy atom. The van der Waals surface area contributed by atoms with E-state index in [1.54, 1.807) is 0 Å². The van der Waals surface area contributed by atoms with Gasteiger partial charge in [-0.1, -0.05) is 110 Å². The minimum absolute atomic E-state index is 0.0366. The van der Waals surface area contributed by atoms with Crippen molar-refractivity contribution in [2.75, 3.05) is 13.2 Å². The van der Waals surface area contributed by atoms with E-state index in [0.29, 0.717) is 26.1 Å². The Kier molecular flexibility index (Phi) is 10.5. The van der Waals surface area contributed by atoms with Crippen molar-refractivity contribution in [3.05, 3.63) is 120 Å². The summed E-state index contributed by atoms with van der Waals surface area (Å²) >= 11 is 0. The van der Waals surface area contributed by atoms with E-state index in [0.717, 1.165) is 24.8 Å². The minimum Gasteiger partial charge on any atom is -0.373 e. The van der Waals surface area contributed by atoms with Crippen LogP contribution in [0.25, 0.3) is 0 Å². The van der Waals surface area contributed by atoms with Crippen molar-refractivity contribution >= 4 is 5.91 Å². The van der Waals surface area contributed by atoms with Crippen LogP contribution >= 0.6 is 0 Å². The van der Waals surface area contributed by atoms with E-state index in [9.17, 15) is 4.79 Å². The molecule has 0 radical (unpaired) electrons. The van der Waals surface area contributed by atoms with Gasteiger partial charge in [-0.2, -0.15) is 0 Å². The maximum absolute atomic E-state index is 14.0. The SMILES string of the molecule is CCC1OC/C=C/CO[C@H](CCc2ccccc2)C(Cc2ccccc2)NC(=O)[C@H]1Cc1ccccc1. The Morgan fingerprint density at radius 1 is 0.703 bits per heavy atom. The number of hydrogen-bond acceptors (Lipinski definition) is 3. The van der Waals surface area contributed by atoms with Crippen LogP contribution in [0.15, 0.2) is 103 Å².